The summed E-state index contributed by atoms with van der Waals surface area (Å²) in [5.74, 6) is 9.34. The minimum atomic E-state index is -0.915. The number of fused-ring (bicyclic) bond motifs is 1. The number of aliphatic hydroxyl groups excluding tert-OH is 1. The number of nitrogens with two attached hydrogens (primary N) is 1. The lowest BCUT2D eigenvalue weighted by Crippen LogP contribution is -2.41. The molecule has 1 saturated carbocycles. The van der Waals surface area contributed by atoms with Gasteiger partial charge in [0.15, 0.2) is 0 Å². The third-order valence-corrected chi connectivity index (χ3v) is 8.21. The number of H-pyrrole nitrogens is 1. The first-order valence-corrected chi connectivity index (χ1v) is 13.9. The van der Waals surface area contributed by atoms with Crippen LogP contribution < -0.4 is 10.5 Å². The zero-order valence-electron chi connectivity index (χ0n) is 23.7. The van der Waals surface area contributed by atoms with Crippen molar-refractivity contribution in [3.8, 4) is 23.8 Å². The van der Waals surface area contributed by atoms with E-state index in [1.807, 2.05) is 39.0 Å². The molecule has 40 heavy (non-hydrogen) atoms. The summed E-state index contributed by atoms with van der Waals surface area (Å²) in [6.45, 7) is 9.96. The van der Waals surface area contributed by atoms with Crippen molar-refractivity contribution in [1.82, 2.24) is 20.4 Å². The molecule has 5 rings (SSSR count). The summed E-state index contributed by atoms with van der Waals surface area (Å²) in [4.78, 5) is 0. The first-order valence-electron chi connectivity index (χ1n) is 13.9. The van der Waals surface area contributed by atoms with E-state index in [4.69, 9.17) is 14.9 Å². The molecule has 0 radical (unpaired) electrons. The monoisotopic (exact) mass is 540 g/mol. The van der Waals surface area contributed by atoms with Crippen LogP contribution in [0.25, 0.3) is 0 Å². The molecule has 0 spiro atoms. The topological polar surface area (TPSA) is 147 Å². The van der Waals surface area contributed by atoms with E-state index < -0.39 is 5.41 Å². The molecule has 9 heteroatoms. The van der Waals surface area contributed by atoms with Crippen LogP contribution in [0.4, 0.5) is 0 Å². The summed E-state index contributed by atoms with van der Waals surface area (Å²) in [7, 11) is 0. The predicted molar refractivity (Wildman–Crippen MR) is 149 cm³/mol. The largest absolute Gasteiger partial charge is 0.425 e. The zero-order chi connectivity index (χ0) is 28.6. The van der Waals surface area contributed by atoms with Gasteiger partial charge in [0.2, 0.25) is 23.5 Å². The highest BCUT2D eigenvalue weighted by Crippen LogP contribution is 2.52. The van der Waals surface area contributed by atoms with Crippen LogP contribution in [0.15, 0.2) is 34.1 Å². The summed E-state index contributed by atoms with van der Waals surface area (Å²) in [5.41, 5.74) is 9.60. The van der Waals surface area contributed by atoms with E-state index in [0.717, 1.165) is 54.0 Å². The van der Waals surface area contributed by atoms with Crippen molar-refractivity contribution in [2.24, 2.45) is 17.6 Å². The summed E-state index contributed by atoms with van der Waals surface area (Å²) < 4.78 is 11.6. The number of aryl methyl sites for hydroxylation is 1. The van der Waals surface area contributed by atoms with Crippen molar-refractivity contribution in [2.45, 2.75) is 84.2 Å². The third kappa shape index (κ3) is 4.65. The van der Waals surface area contributed by atoms with Gasteiger partial charge in [-0.25, -0.2) is 0 Å². The Balaban J connectivity index is 1.47. The third-order valence-electron chi connectivity index (χ3n) is 8.21. The van der Waals surface area contributed by atoms with Crippen molar-refractivity contribution in [3.05, 3.63) is 69.4 Å². The van der Waals surface area contributed by atoms with E-state index >= 15 is 0 Å². The second-order valence-electron chi connectivity index (χ2n) is 11.5. The molecule has 1 aliphatic carbocycles. The van der Waals surface area contributed by atoms with Gasteiger partial charge in [-0.05, 0) is 61.8 Å². The summed E-state index contributed by atoms with van der Waals surface area (Å²) in [6.07, 6.45) is 3.81. The fraction of sp³-hybridized carbons (Fsp3) is 0.484. The van der Waals surface area contributed by atoms with Crippen molar-refractivity contribution >= 4 is 0 Å². The number of hydrogen-bond acceptors (Lipinski definition) is 8. The van der Waals surface area contributed by atoms with Crippen molar-refractivity contribution in [2.75, 3.05) is 0 Å². The number of nitriles is 1. The molecule has 1 aliphatic heterocycles. The molecule has 9 nitrogen and oxygen atoms in total. The van der Waals surface area contributed by atoms with Gasteiger partial charge in [0.05, 0.1) is 17.6 Å². The fourth-order valence-electron chi connectivity index (χ4n) is 6.16. The Morgan fingerprint density at radius 2 is 1.90 bits per heavy atom. The normalized spacial score (nSPS) is 22.5. The number of ether oxygens (including phenoxy) is 1. The number of rotatable bonds is 5. The van der Waals surface area contributed by atoms with E-state index in [0.29, 0.717) is 22.9 Å². The average molecular weight is 541 g/mol. The lowest BCUT2D eigenvalue weighted by Gasteiger charge is -2.41. The average Bonchev–Trinajstić information content (AvgIpc) is 3.58. The predicted octanol–water partition coefficient (Wildman–Crippen LogP) is 5.07. The van der Waals surface area contributed by atoms with Crippen LogP contribution in [-0.4, -0.2) is 25.5 Å². The minimum absolute atomic E-state index is 0.0377. The van der Waals surface area contributed by atoms with Gasteiger partial charge in [0.1, 0.15) is 11.6 Å². The number of aromatic nitrogens is 4. The molecule has 1 aromatic carbocycles. The standard InChI is InChI=1S/C31H36N6O3/c1-17(2)28-35-36-29(40-28)23-10-8-20(9-11-23)6-7-21-12-22(16-38)14-24(13-21)31(18(3)4)25(15-32)27(33)39-30-26(31)19(5)34-37-30/h12-14,17-18,20,23,38H,8-11,16,33H2,1-5H3,(H,34,37). The summed E-state index contributed by atoms with van der Waals surface area (Å²) >= 11 is 0. The summed E-state index contributed by atoms with van der Waals surface area (Å²) in [5, 5.41) is 36.2. The van der Waals surface area contributed by atoms with Crippen molar-refractivity contribution in [1.29, 1.82) is 5.26 Å². The van der Waals surface area contributed by atoms with E-state index in [2.05, 4.69) is 52.2 Å². The Bertz CT molecular complexity index is 1540. The van der Waals surface area contributed by atoms with Gasteiger partial charge in [0, 0.05) is 29.0 Å². The van der Waals surface area contributed by atoms with Gasteiger partial charge in [-0.15, -0.1) is 15.3 Å². The van der Waals surface area contributed by atoms with Crippen molar-refractivity contribution < 1.29 is 14.3 Å². The molecule has 0 amide bonds. The first-order chi connectivity index (χ1) is 19.2. The maximum Gasteiger partial charge on any atom is 0.244 e. The lowest BCUT2D eigenvalue weighted by molar-refractivity contribution is 0.281. The van der Waals surface area contributed by atoms with E-state index in [-0.39, 0.29) is 36.2 Å². The molecule has 208 valence electrons. The molecule has 1 atom stereocenters. The smallest absolute Gasteiger partial charge is 0.244 e. The summed E-state index contributed by atoms with van der Waals surface area (Å²) in [6, 6.07) is 8.17. The van der Waals surface area contributed by atoms with Crippen LogP contribution in [0.2, 0.25) is 0 Å². The van der Waals surface area contributed by atoms with Crippen LogP contribution in [0, 0.1) is 41.9 Å². The number of aliphatic hydroxyl groups is 1. The molecule has 0 saturated heterocycles. The van der Waals surface area contributed by atoms with Crippen LogP contribution in [0.5, 0.6) is 5.88 Å². The number of allylic oxidation sites excluding steroid dienone is 1. The fourth-order valence-corrected chi connectivity index (χ4v) is 6.16. The molecule has 2 aliphatic rings. The van der Waals surface area contributed by atoms with E-state index in [9.17, 15) is 10.4 Å². The highest BCUT2D eigenvalue weighted by molar-refractivity contribution is 5.63. The highest BCUT2D eigenvalue weighted by Gasteiger charge is 2.50. The Hall–Kier alpha value is -4.08. The molecule has 0 bridgehead atoms. The van der Waals surface area contributed by atoms with Crippen molar-refractivity contribution in [3.63, 3.8) is 0 Å². The number of nitrogens with one attached hydrogen (secondary N) is 1. The van der Waals surface area contributed by atoms with E-state index in [1.54, 1.807) is 0 Å². The maximum absolute atomic E-state index is 10.3. The molecule has 1 unspecified atom stereocenters. The number of aromatic amines is 1. The molecule has 3 heterocycles. The van der Waals surface area contributed by atoms with Crippen LogP contribution in [0.1, 0.15) is 105 Å². The minimum Gasteiger partial charge on any atom is -0.425 e. The second kappa shape index (κ2) is 10.8. The van der Waals surface area contributed by atoms with Crippen LogP contribution >= 0.6 is 0 Å². The first kappa shape index (κ1) is 27.5. The van der Waals surface area contributed by atoms with Gasteiger partial charge < -0.3 is 20.0 Å². The SMILES string of the molecule is Cc1[nH]nc2c1C(c1cc(C#CC3CCC(c4nnc(C(C)C)o4)CC3)cc(CO)c1)(C(C)C)C(C#N)=C(N)O2. The van der Waals surface area contributed by atoms with Gasteiger partial charge in [0.25, 0.3) is 0 Å². The quantitative estimate of drug-likeness (QED) is 0.380. The molecular formula is C31H36N6O3. The van der Waals surface area contributed by atoms with Crippen LogP contribution in [-0.2, 0) is 12.0 Å². The molecule has 2 aromatic heterocycles. The van der Waals surface area contributed by atoms with Gasteiger partial charge >= 0.3 is 0 Å². The Kier molecular flexibility index (Phi) is 7.44. The zero-order valence-corrected chi connectivity index (χ0v) is 23.7. The van der Waals surface area contributed by atoms with E-state index in [1.165, 1.54) is 0 Å². The molecule has 4 N–H and O–H groups in total. The Morgan fingerprint density at radius 3 is 2.52 bits per heavy atom. The number of hydrogen-bond donors (Lipinski definition) is 3. The number of nitrogens with zero attached hydrogens (tertiary/aromatic N) is 4. The molecule has 3 aromatic rings. The molecular weight excluding hydrogens is 504 g/mol. The Morgan fingerprint density at radius 1 is 1.15 bits per heavy atom. The van der Waals surface area contributed by atoms with Crippen LogP contribution in [0.3, 0.4) is 0 Å². The second-order valence-corrected chi connectivity index (χ2v) is 11.5. The van der Waals surface area contributed by atoms with Gasteiger partial charge in [-0.2, -0.15) is 5.26 Å². The van der Waals surface area contributed by atoms with Gasteiger partial charge in [-0.3, -0.25) is 5.10 Å². The molecule has 1 fully saturated rings. The highest BCUT2D eigenvalue weighted by atomic mass is 16.5. The Labute approximate surface area is 234 Å². The van der Waals surface area contributed by atoms with Gasteiger partial charge in [-0.1, -0.05) is 45.6 Å². The number of benzene rings is 1. The maximum atomic E-state index is 10.3. The lowest BCUT2D eigenvalue weighted by atomic mass is 9.61.